The lowest BCUT2D eigenvalue weighted by Crippen LogP contribution is -2.39. The van der Waals surface area contributed by atoms with Gasteiger partial charge in [0.1, 0.15) is 0 Å². The predicted octanol–water partition coefficient (Wildman–Crippen LogP) is 6.15. The lowest BCUT2D eigenvalue weighted by atomic mass is 9.97. The molecule has 2 atom stereocenters. The molecule has 3 aromatic rings. The van der Waals surface area contributed by atoms with Crippen LogP contribution in [-0.2, 0) is 33.8 Å². The van der Waals surface area contributed by atoms with E-state index in [1.807, 2.05) is 79.7 Å². The lowest BCUT2D eigenvalue weighted by molar-refractivity contribution is -0.160. The Hall–Kier alpha value is -3.40. The minimum atomic E-state index is -0.873. The summed E-state index contributed by atoms with van der Waals surface area (Å²) in [6, 6.07) is 27.8. The number of rotatable bonds is 10. The topological polar surface area (TPSA) is 46.6 Å². The zero-order valence-corrected chi connectivity index (χ0v) is 20.6. The summed E-state index contributed by atoms with van der Waals surface area (Å²) in [6.45, 7) is 8.74. The SMILES string of the molecule is CC(C)Cc1ccc([C@@H](C)C(=O)O[C@@H](C)C(=O)N(Cc2ccccc2)Cc2ccccc2)cc1. The molecule has 0 aromatic heterocycles. The fraction of sp³-hybridized carbons (Fsp3) is 0.333. The Labute approximate surface area is 203 Å². The van der Waals surface area contributed by atoms with E-state index in [0.717, 1.165) is 23.1 Å². The first-order valence-electron chi connectivity index (χ1n) is 12.0. The number of nitrogens with zero attached hydrogens (tertiary/aromatic N) is 1. The maximum atomic E-state index is 13.3. The second kappa shape index (κ2) is 12.2. The number of amides is 1. The molecular formula is C30H35NO3. The van der Waals surface area contributed by atoms with Crippen molar-refractivity contribution in [2.45, 2.75) is 59.2 Å². The highest BCUT2D eigenvalue weighted by atomic mass is 16.5. The first-order valence-corrected chi connectivity index (χ1v) is 12.0. The van der Waals surface area contributed by atoms with E-state index >= 15 is 0 Å². The van der Waals surface area contributed by atoms with Crippen molar-refractivity contribution in [3.63, 3.8) is 0 Å². The summed E-state index contributed by atoms with van der Waals surface area (Å²) in [6.07, 6.45) is 0.131. The van der Waals surface area contributed by atoms with E-state index < -0.39 is 18.0 Å². The molecule has 3 aromatic carbocycles. The van der Waals surface area contributed by atoms with Crippen LogP contribution in [0.5, 0.6) is 0 Å². The first kappa shape index (κ1) is 25.2. The van der Waals surface area contributed by atoms with Gasteiger partial charge in [-0.1, -0.05) is 98.8 Å². The number of ether oxygens (including phenoxy) is 1. The Kier molecular flexibility index (Phi) is 9.03. The minimum Gasteiger partial charge on any atom is -0.452 e. The Morgan fingerprint density at radius 3 is 1.68 bits per heavy atom. The van der Waals surface area contributed by atoms with Crippen molar-refractivity contribution < 1.29 is 14.3 Å². The molecular weight excluding hydrogens is 422 g/mol. The summed E-state index contributed by atoms with van der Waals surface area (Å²) in [4.78, 5) is 28.0. The van der Waals surface area contributed by atoms with Gasteiger partial charge in [-0.2, -0.15) is 0 Å². The zero-order chi connectivity index (χ0) is 24.5. The Balaban J connectivity index is 1.67. The van der Waals surface area contributed by atoms with Crippen molar-refractivity contribution >= 4 is 11.9 Å². The van der Waals surface area contributed by atoms with Gasteiger partial charge in [-0.15, -0.1) is 0 Å². The number of carbonyl (C=O) groups is 2. The molecule has 0 N–H and O–H groups in total. The third-order valence-electron chi connectivity index (χ3n) is 5.86. The smallest absolute Gasteiger partial charge is 0.313 e. The highest BCUT2D eigenvalue weighted by Crippen LogP contribution is 2.20. The fourth-order valence-electron chi connectivity index (χ4n) is 3.95. The first-order chi connectivity index (χ1) is 16.3. The van der Waals surface area contributed by atoms with Gasteiger partial charge >= 0.3 is 5.97 Å². The van der Waals surface area contributed by atoms with Crippen molar-refractivity contribution in [3.05, 3.63) is 107 Å². The Bertz CT molecular complexity index is 1000. The van der Waals surface area contributed by atoms with Gasteiger partial charge in [-0.25, -0.2) is 0 Å². The molecule has 0 bridgehead atoms. The average Bonchev–Trinajstić information content (AvgIpc) is 2.84. The molecule has 0 heterocycles. The van der Waals surface area contributed by atoms with Gasteiger partial charge in [0, 0.05) is 13.1 Å². The van der Waals surface area contributed by atoms with E-state index in [-0.39, 0.29) is 5.91 Å². The molecule has 0 saturated heterocycles. The van der Waals surface area contributed by atoms with Crippen LogP contribution in [-0.4, -0.2) is 22.9 Å². The fourth-order valence-corrected chi connectivity index (χ4v) is 3.95. The van der Waals surface area contributed by atoms with Crippen molar-refractivity contribution in [2.24, 2.45) is 5.92 Å². The maximum absolute atomic E-state index is 13.3. The molecule has 4 nitrogen and oxygen atoms in total. The van der Waals surface area contributed by atoms with Crippen molar-refractivity contribution in [2.75, 3.05) is 0 Å². The van der Waals surface area contributed by atoms with Gasteiger partial charge in [-0.05, 0) is 48.4 Å². The summed E-state index contributed by atoms with van der Waals surface area (Å²) in [5.74, 6) is -0.466. The van der Waals surface area contributed by atoms with Gasteiger partial charge in [0.15, 0.2) is 6.10 Å². The van der Waals surface area contributed by atoms with Crippen LogP contribution >= 0.6 is 0 Å². The zero-order valence-electron chi connectivity index (χ0n) is 20.6. The van der Waals surface area contributed by atoms with Gasteiger partial charge in [0.05, 0.1) is 5.92 Å². The van der Waals surface area contributed by atoms with E-state index in [1.165, 1.54) is 5.56 Å². The molecule has 0 unspecified atom stereocenters. The number of hydrogen-bond acceptors (Lipinski definition) is 3. The van der Waals surface area contributed by atoms with Crippen LogP contribution < -0.4 is 0 Å². The van der Waals surface area contributed by atoms with Crippen LogP contribution in [0.4, 0.5) is 0 Å². The summed E-state index contributed by atoms with van der Waals surface area (Å²) in [5.41, 5.74) is 4.20. The number of benzene rings is 3. The van der Waals surface area contributed by atoms with Gasteiger partial charge in [0.25, 0.3) is 5.91 Å². The molecule has 0 fully saturated rings. The Morgan fingerprint density at radius 2 is 1.21 bits per heavy atom. The van der Waals surface area contributed by atoms with Crippen LogP contribution in [0.25, 0.3) is 0 Å². The van der Waals surface area contributed by atoms with E-state index in [2.05, 4.69) is 26.0 Å². The lowest BCUT2D eigenvalue weighted by Gasteiger charge is -2.26. The summed E-state index contributed by atoms with van der Waals surface area (Å²) < 4.78 is 5.65. The van der Waals surface area contributed by atoms with Crippen LogP contribution in [0, 0.1) is 5.92 Å². The molecule has 3 rings (SSSR count). The monoisotopic (exact) mass is 457 g/mol. The van der Waals surface area contributed by atoms with Gasteiger partial charge < -0.3 is 9.64 Å². The average molecular weight is 458 g/mol. The maximum Gasteiger partial charge on any atom is 0.313 e. The van der Waals surface area contributed by atoms with Crippen LogP contribution in [0.15, 0.2) is 84.9 Å². The van der Waals surface area contributed by atoms with E-state index in [1.54, 1.807) is 11.8 Å². The van der Waals surface area contributed by atoms with E-state index in [9.17, 15) is 9.59 Å². The molecule has 34 heavy (non-hydrogen) atoms. The van der Waals surface area contributed by atoms with E-state index in [0.29, 0.717) is 19.0 Å². The third kappa shape index (κ3) is 7.31. The number of carbonyl (C=O) groups excluding carboxylic acids is 2. The molecule has 0 aliphatic rings. The predicted molar refractivity (Wildman–Crippen MR) is 136 cm³/mol. The summed E-state index contributed by atoms with van der Waals surface area (Å²) in [5, 5.41) is 0. The number of hydrogen-bond donors (Lipinski definition) is 0. The molecule has 0 spiro atoms. The Morgan fingerprint density at radius 1 is 0.706 bits per heavy atom. The highest BCUT2D eigenvalue weighted by Gasteiger charge is 2.27. The molecule has 0 aliphatic heterocycles. The highest BCUT2D eigenvalue weighted by molar-refractivity contribution is 5.85. The second-order valence-corrected chi connectivity index (χ2v) is 9.31. The van der Waals surface area contributed by atoms with Gasteiger partial charge in [0.2, 0.25) is 0 Å². The molecule has 1 amide bonds. The van der Waals surface area contributed by atoms with Crippen LogP contribution in [0.1, 0.15) is 55.9 Å². The van der Waals surface area contributed by atoms with Crippen molar-refractivity contribution in [1.29, 1.82) is 0 Å². The van der Waals surface area contributed by atoms with Crippen molar-refractivity contribution in [3.8, 4) is 0 Å². The molecule has 0 radical (unpaired) electrons. The molecule has 0 aliphatic carbocycles. The quantitative estimate of drug-likeness (QED) is 0.343. The standard InChI is InChI=1S/C30H35NO3/c1-22(2)19-25-15-17-28(18-16-25)23(3)30(33)34-24(4)29(32)31(20-26-11-7-5-8-12-26)21-27-13-9-6-10-14-27/h5-18,22-24H,19-21H2,1-4H3/t23-,24+/m1/s1. The molecule has 0 saturated carbocycles. The van der Waals surface area contributed by atoms with Crippen LogP contribution in [0.2, 0.25) is 0 Å². The molecule has 178 valence electrons. The second-order valence-electron chi connectivity index (χ2n) is 9.31. The summed E-state index contributed by atoms with van der Waals surface area (Å²) >= 11 is 0. The minimum absolute atomic E-state index is 0.208. The third-order valence-corrected chi connectivity index (χ3v) is 5.86. The van der Waals surface area contributed by atoms with Crippen molar-refractivity contribution in [1.82, 2.24) is 4.90 Å². The van der Waals surface area contributed by atoms with E-state index in [4.69, 9.17) is 4.74 Å². The normalized spacial score (nSPS) is 12.7. The number of esters is 1. The van der Waals surface area contributed by atoms with Crippen LogP contribution in [0.3, 0.4) is 0 Å². The molecule has 4 heteroatoms. The summed E-state index contributed by atoms with van der Waals surface area (Å²) in [7, 11) is 0. The largest absolute Gasteiger partial charge is 0.452 e. The van der Waals surface area contributed by atoms with Gasteiger partial charge in [-0.3, -0.25) is 9.59 Å².